The van der Waals surface area contributed by atoms with Crippen LogP contribution in [-0.2, 0) is 0 Å². The molecular weight excluding hydrogens is 237 g/mol. The largest absolute Gasteiger partial charge is 0.223 e. The first-order valence-corrected chi connectivity index (χ1v) is 4.37. The van der Waals surface area contributed by atoms with Crippen LogP contribution in [-0.4, -0.2) is 14.8 Å². The second kappa shape index (κ2) is 3.26. The van der Waals surface area contributed by atoms with Gasteiger partial charge in [0.1, 0.15) is 18.5 Å². The van der Waals surface area contributed by atoms with Gasteiger partial charge in [-0.15, -0.1) is 0 Å². The molecule has 0 spiro atoms. The lowest BCUT2D eigenvalue weighted by molar-refractivity contribution is 0.626. The Morgan fingerprint density at radius 3 is 2.85 bits per heavy atom. The number of hydrogen-bond acceptors (Lipinski definition) is 2. The Bertz CT molecular complexity index is 413. The van der Waals surface area contributed by atoms with Crippen molar-refractivity contribution in [3.05, 3.63) is 41.1 Å². The third-order valence-electron chi connectivity index (χ3n) is 1.58. The zero-order chi connectivity index (χ0) is 9.26. The molecule has 0 unspecified atom stereocenters. The van der Waals surface area contributed by atoms with Crippen molar-refractivity contribution in [2.75, 3.05) is 0 Å². The smallest absolute Gasteiger partial charge is 0.138 e. The number of benzene rings is 1. The van der Waals surface area contributed by atoms with E-state index in [0.29, 0.717) is 4.47 Å². The van der Waals surface area contributed by atoms with Gasteiger partial charge in [-0.1, -0.05) is 0 Å². The molecule has 1 aromatic carbocycles. The maximum absolute atomic E-state index is 12.7. The predicted octanol–water partition coefficient (Wildman–Crippen LogP) is 2.17. The topological polar surface area (TPSA) is 30.7 Å². The van der Waals surface area contributed by atoms with Crippen LogP contribution in [0.3, 0.4) is 0 Å². The van der Waals surface area contributed by atoms with Gasteiger partial charge in [0, 0.05) is 4.47 Å². The van der Waals surface area contributed by atoms with Gasteiger partial charge in [0.2, 0.25) is 0 Å². The van der Waals surface area contributed by atoms with E-state index in [-0.39, 0.29) is 5.82 Å². The third-order valence-corrected chi connectivity index (χ3v) is 2.21. The van der Waals surface area contributed by atoms with Crippen LogP contribution in [0.25, 0.3) is 5.69 Å². The van der Waals surface area contributed by atoms with Crippen molar-refractivity contribution in [3.63, 3.8) is 0 Å². The molecule has 1 heterocycles. The van der Waals surface area contributed by atoms with Crippen LogP contribution in [0.5, 0.6) is 0 Å². The molecule has 0 saturated carbocycles. The quantitative estimate of drug-likeness (QED) is 0.767. The van der Waals surface area contributed by atoms with E-state index in [1.165, 1.54) is 18.5 Å². The van der Waals surface area contributed by atoms with Gasteiger partial charge in [0.15, 0.2) is 0 Å². The first-order chi connectivity index (χ1) is 6.27. The molecule has 1 aromatic heterocycles. The number of halogens is 2. The second-order valence-corrected chi connectivity index (χ2v) is 3.29. The molecule has 5 heteroatoms. The van der Waals surface area contributed by atoms with E-state index in [9.17, 15) is 4.39 Å². The Morgan fingerprint density at radius 1 is 1.38 bits per heavy atom. The van der Waals surface area contributed by atoms with Crippen LogP contribution < -0.4 is 0 Å². The molecule has 0 aliphatic heterocycles. The van der Waals surface area contributed by atoms with E-state index in [4.69, 9.17) is 0 Å². The highest BCUT2D eigenvalue weighted by Gasteiger charge is 2.03. The first-order valence-electron chi connectivity index (χ1n) is 3.57. The third kappa shape index (κ3) is 1.60. The number of rotatable bonds is 1. The normalized spacial score (nSPS) is 10.3. The van der Waals surface area contributed by atoms with Gasteiger partial charge in [0.05, 0.1) is 5.69 Å². The summed E-state index contributed by atoms with van der Waals surface area (Å²) in [6.07, 6.45) is 2.98. The summed E-state index contributed by atoms with van der Waals surface area (Å²) in [7, 11) is 0. The predicted molar refractivity (Wildman–Crippen MR) is 49.0 cm³/mol. The van der Waals surface area contributed by atoms with Gasteiger partial charge in [-0.05, 0) is 34.1 Å². The minimum Gasteiger partial charge on any atom is -0.223 e. The van der Waals surface area contributed by atoms with Crippen molar-refractivity contribution in [1.82, 2.24) is 14.8 Å². The van der Waals surface area contributed by atoms with Crippen molar-refractivity contribution in [2.24, 2.45) is 0 Å². The summed E-state index contributed by atoms with van der Waals surface area (Å²) < 4.78 is 14.9. The molecular formula is C8H5BrFN3. The molecule has 0 aliphatic carbocycles. The number of aromatic nitrogens is 3. The fourth-order valence-corrected chi connectivity index (χ4v) is 1.53. The molecule has 0 fully saturated rings. The molecule has 0 aliphatic rings. The average Bonchev–Trinajstić information content (AvgIpc) is 2.56. The summed E-state index contributed by atoms with van der Waals surface area (Å²) in [6, 6.07) is 4.40. The molecule has 2 rings (SSSR count). The van der Waals surface area contributed by atoms with E-state index >= 15 is 0 Å². The summed E-state index contributed by atoms with van der Waals surface area (Å²) in [5, 5.41) is 3.93. The highest BCUT2D eigenvalue weighted by Crippen LogP contribution is 2.20. The molecule has 0 bridgehead atoms. The summed E-state index contributed by atoms with van der Waals surface area (Å²) in [5.74, 6) is -0.282. The Labute approximate surface area is 82.3 Å². The molecule has 0 atom stereocenters. The lowest BCUT2D eigenvalue weighted by Crippen LogP contribution is -1.95. The molecule has 0 saturated heterocycles. The Kier molecular flexibility index (Phi) is 2.10. The number of hydrogen-bond donors (Lipinski definition) is 0. The van der Waals surface area contributed by atoms with Crippen molar-refractivity contribution in [3.8, 4) is 5.69 Å². The summed E-state index contributed by atoms with van der Waals surface area (Å²) in [5.41, 5.74) is 0.763. The first kappa shape index (κ1) is 8.37. The SMILES string of the molecule is Fc1ccc(-n2cncn2)c(Br)c1. The van der Waals surface area contributed by atoms with Gasteiger partial charge < -0.3 is 0 Å². The fraction of sp³-hybridized carbons (Fsp3) is 0. The van der Waals surface area contributed by atoms with Gasteiger partial charge in [-0.25, -0.2) is 14.1 Å². The van der Waals surface area contributed by atoms with Crippen LogP contribution in [0.4, 0.5) is 4.39 Å². The van der Waals surface area contributed by atoms with Gasteiger partial charge in [0.25, 0.3) is 0 Å². The van der Waals surface area contributed by atoms with Crippen molar-refractivity contribution >= 4 is 15.9 Å². The van der Waals surface area contributed by atoms with Crippen molar-refractivity contribution in [1.29, 1.82) is 0 Å². The molecule has 13 heavy (non-hydrogen) atoms. The molecule has 0 amide bonds. The maximum Gasteiger partial charge on any atom is 0.138 e. The van der Waals surface area contributed by atoms with Gasteiger partial charge >= 0.3 is 0 Å². The summed E-state index contributed by atoms with van der Waals surface area (Å²) in [4.78, 5) is 3.80. The van der Waals surface area contributed by atoms with Crippen molar-refractivity contribution < 1.29 is 4.39 Å². The highest BCUT2D eigenvalue weighted by molar-refractivity contribution is 9.10. The Hall–Kier alpha value is -1.23. The van der Waals surface area contributed by atoms with E-state index in [1.54, 1.807) is 17.1 Å². The molecule has 0 radical (unpaired) electrons. The van der Waals surface area contributed by atoms with E-state index in [0.717, 1.165) is 5.69 Å². The minimum atomic E-state index is -0.282. The molecule has 3 nitrogen and oxygen atoms in total. The highest BCUT2D eigenvalue weighted by atomic mass is 79.9. The minimum absolute atomic E-state index is 0.282. The van der Waals surface area contributed by atoms with E-state index in [2.05, 4.69) is 26.0 Å². The van der Waals surface area contributed by atoms with Crippen LogP contribution in [0.1, 0.15) is 0 Å². The standard InChI is InChI=1S/C8H5BrFN3/c9-7-3-6(10)1-2-8(7)13-5-11-4-12-13/h1-5H. The molecule has 0 N–H and O–H groups in total. The zero-order valence-electron chi connectivity index (χ0n) is 6.48. The van der Waals surface area contributed by atoms with Crippen LogP contribution >= 0.6 is 15.9 Å². The average molecular weight is 242 g/mol. The summed E-state index contributed by atoms with van der Waals surface area (Å²) >= 11 is 3.24. The monoisotopic (exact) mass is 241 g/mol. The molecule has 66 valence electrons. The summed E-state index contributed by atoms with van der Waals surface area (Å²) in [6.45, 7) is 0. The maximum atomic E-state index is 12.7. The van der Waals surface area contributed by atoms with Gasteiger partial charge in [-0.2, -0.15) is 5.10 Å². The van der Waals surface area contributed by atoms with Crippen LogP contribution in [0.15, 0.2) is 35.3 Å². The van der Waals surface area contributed by atoms with Crippen molar-refractivity contribution in [2.45, 2.75) is 0 Å². The fourth-order valence-electron chi connectivity index (χ4n) is 1.000. The Balaban J connectivity index is 2.53. The Morgan fingerprint density at radius 2 is 2.23 bits per heavy atom. The zero-order valence-corrected chi connectivity index (χ0v) is 8.07. The second-order valence-electron chi connectivity index (χ2n) is 2.44. The number of nitrogens with zero attached hydrogens (tertiary/aromatic N) is 3. The van der Waals surface area contributed by atoms with E-state index < -0.39 is 0 Å². The lowest BCUT2D eigenvalue weighted by atomic mass is 10.3. The van der Waals surface area contributed by atoms with Crippen LogP contribution in [0.2, 0.25) is 0 Å². The molecule has 2 aromatic rings. The lowest BCUT2D eigenvalue weighted by Gasteiger charge is -2.02. The van der Waals surface area contributed by atoms with Crippen LogP contribution in [0, 0.1) is 5.82 Å². The van der Waals surface area contributed by atoms with Gasteiger partial charge in [-0.3, -0.25) is 0 Å². The van der Waals surface area contributed by atoms with E-state index in [1.807, 2.05) is 0 Å².